The summed E-state index contributed by atoms with van der Waals surface area (Å²) in [5.41, 5.74) is 3.66. The molecule has 1 N–H and O–H groups in total. The third kappa shape index (κ3) is 2.92. The number of rotatable bonds is 4. The van der Waals surface area contributed by atoms with Crippen molar-refractivity contribution in [2.75, 3.05) is 5.32 Å². The molecule has 1 saturated carbocycles. The number of nitrogens with zero attached hydrogens (tertiary/aromatic N) is 1. The lowest BCUT2D eigenvalue weighted by Gasteiger charge is -2.32. The maximum absolute atomic E-state index is 8.74. The van der Waals surface area contributed by atoms with Crippen LogP contribution >= 0.6 is 0 Å². The van der Waals surface area contributed by atoms with Crippen LogP contribution in [0.4, 0.5) is 5.69 Å². The average Bonchev–Trinajstić information content (AvgIpc) is 3.00. The summed E-state index contributed by atoms with van der Waals surface area (Å²) in [6.45, 7) is 0. The van der Waals surface area contributed by atoms with Gasteiger partial charge in [0.1, 0.15) is 0 Å². The number of nitrogens with one attached hydrogen (secondary N) is 1. The quantitative estimate of drug-likeness (QED) is 0.883. The van der Waals surface area contributed by atoms with Gasteiger partial charge in [0.05, 0.1) is 18.0 Å². The van der Waals surface area contributed by atoms with Crippen molar-refractivity contribution in [2.24, 2.45) is 0 Å². The van der Waals surface area contributed by atoms with Crippen LogP contribution in [0.25, 0.3) is 0 Å². The Kier molecular flexibility index (Phi) is 3.92. The van der Waals surface area contributed by atoms with E-state index in [2.05, 4.69) is 53.9 Å². The minimum atomic E-state index is 0.0675. The molecule has 1 fully saturated rings. The minimum Gasteiger partial charge on any atom is -0.376 e. The summed E-state index contributed by atoms with van der Waals surface area (Å²) in [5.74, 6) is 0. The summed E-state index contributed by atoms with van der Waals surface area (Å²) >= 11 is 0. The lowest BCUT2D eigenvalue weighted by Crippen LogP contribution is -2.32. The maximum atomic E-state index is 8.74. The van der Waals surface area contributed by atoms with E-state index in [-0.39, 0.29) is 5.54 Å². The Bertz CT molecular complexity index is 617. The highest BCUT2D eigenvalue weighted by atomic mass is 15.0. The Labute approximate surface area is 126 Å². The van der Waals surface area contributed by atoms with Gasteiger partial charge in [-0.25, -0.2) is 0 Å². The molecule has 2 aromatic rings. The number of benzene rings is 2. The molecule has 0 spiro atoms. The van der Waals surface area contributed by atoms with Gasteiger partial charge in [0.15, 0.2) is 0 Å². The summed E-state index contributed by atoms with van der Waals surface area (Å²) in [6, 6.07) is 21.2. The summed E-state index contributed by atoms with van der Waals surface area (Å²) in [7, 11) is 0. The van der Waals surface area contributed by atoms with Gasteiger partial charge in [-0.1, -0.05) is 55.3 Å². The summed E-state index contributed by atoms with van der Waals surface area (Å²) < 4.78 is 0. The van der Waals surface area contributed by atoms with Crippen molar-refractivity contribution < 1.29 is 0 Å². The van der Waals surface area contributed by atoms with Crippen LogP contribution in [0.5, 0.6) is 0 Å². The van der Waals surface area contributed by atoms with Crippen molar-refractivity contribution in [1.82, 2.24) is 0 Å². The molecular formula is C19H20N2. The highest BCUT2D eigenvalue weighted by Crippen LogP contribution is 2.41. The summed E-state index contributed by atoms with van der Waals surface area (Å²) in [5, 5.41) is 12.5. The van der Waals surface area contributed by atoms with E-state index in [1.165, 1.54) is 31.2 Å². The van der Waals surface area contributed by atoms with E-state index in [9.17, 15) is 0 Å². The Hall–Kier alpha value is -2.27. The van der Waals surface area contributed by atoms with Gasteiger partial charge < -0.3 is 5.32 Å². The zero-order chi connectivity index (χ0) is 14.5. The van der Waals surface area contributed by atoms with Crippen molar-refractivity contribution in [2.45, 2.75) is 37.6 Å². The maximum Gasteiger partial charge on any atom is 0.0669 e. The van der Waals surface area contributed by atoms with Crippen LogP contribution in [0.1, 0.15) is 36.8 Å². The molecule has 1 aliphatic rings. The molecule has 21 heavy (non-hydrogen) atoms. The van der Waals surface area contributed by atoms with Gasteiger partial charge in [-0.3, -0.25) is 0 Å². The fourth-order valence-electron chi connectivity index (χ4n) is 3.30. The second-order valence-corrected chi connectivity index (χ2v) is 5.81. The van der Waals surface area contributed by atoms with Gasteiger partial charge in [0, 0.05) is 5.69 Å². The first kappa shape index (κ1) is 13.7. The minimum absolute atomic E-state index is 0.0675. The topological polar surface area (TPSA) is 35.8 Å². The monoisotopic (exact) mass is 276 g/mol. The lowest BCUT2D eigenvalue weighted by molar-refractivity contribution is 0.509. The first-order chi connectivity index (χ1) is 10.3. The Morgan fingerprint density at radius 1 is 0.952 bits per heavy atom. The van der Waals surface area contributed by atoms with Crippen LogP contribution in [-0.2, 0) is 12.0 Å². The molecule has 3 rings (SSSR count). The number of nitriles is 1. The lowest BCUT2D eigenvalue weighted by atomic mass is 9.88. The van der Waals surface area contributed by atoms with E-state index in [0.717, 1.165) is 11.3 Å². The largest absolute Gasteiger partial charge is 0.376 e. The molecule has 0 bridgehead atoms. The second kappa shape index (κ2) is 6.01. The summed E-state index contributed by atoms with van der Waals surface area (Å²) in [6.07, 6.45) is 5.38. The smallest absolute Gasteiger partial charge is 0.0669 e. The van der Waals surface area contributed by atoms with E-state index in [0.29, 0.717) is 6.42 Å². The third-order valence-corrected chi connectivity index (χ3v) is 4.40. The fraction of sp³-hybridized carbons (Fsp3) is 0.316. The van der Waals surface area contributed by atoms with Crippen molar-refractivity contribution in [3.05, 3.63) is 65.7 Å². The van der Waals surface area contributed by atoms with E-state index in [1.54, 1.807) is 0 Å². The van der Waals surface area contributed by atoms with Gasteiger partial charge in [0.25, 0.3) is 0 Å². The molecule has 0 amide bonds. The molecule has 0 unspecified atom stereocenters. The number of hydrogen-bond donors (Lipinski definition) is 1. The Morgan fingerprint density at radius 2 is 1.62 bits per heavy atom. The predicted octanol–water partition coefficient (Wildman–Crippen LogP) is 4.63. The molecule has 0 radical (unpaired) electrons. The summed E-state index contributed by atoms with van der Waals surface area (Å²) in [4.78, 5) is 0. The average molecular weight is 276 g/mol. The van der Waals surface area contributed by atoms with Crippen molar-refractivity contribution in [3.63, 3.8) is 0 Å². The normalized spacial score (nSPS) is 16.3. The molecule has 2 heteroatoms. The zero-order valence-electron chi connectivity index (χ0n) is 12.2. The molecule has 0 saturated heterocycles. The second-order valence-electron chi connectivity index (χ2n) is 5.81. The van der Waals surface area contributed by atoms with Gasteiger partial charge in [-0.15, -0.1) is 0 Å². The molecule has 0 atom stereocenters. The fourth-order valence-corrected chi connectivity index (χ4v) is 3.30. The number of anilines is 1. The number of hydrogen-bond acceptors (Lipinski definition) is 2. The van der Waals surface area contributed by atoms with E-state index < -0.39 is 0 Å². The third-order valence-electron chi connectivity index (χ3n) is 4.40. The van der Waals surface area contributed by atoms with E-state index in [4.69, 9.17) is 5.26 Å². The molecule has 106 valence electrons. The Balaban J connectivity index is 1.84. The SMILES string of the molecule is N#CCc1ccc(NC2(c3ccccc3)CCCC2)cc1. The molecule has 2 aromatic carbocycles. The molecule has 0 aromatic heterocycles. The van der Waals surface area contributed by atoms with Crippen LogP contribution < -0.4 is 5.32 Å². The van der Waals surface area contributed by atoms with Crippen LogP contribution in [0, 0.1) is 11.3 Å². The van der Waals surface area contributed by atoms with Crippen LogP contribution in [0.2, 0.25) is 0 Å². The molecule has 0 aliphatic heterocycles. The molecular weight excluding hydrogens is 256 g/mol. The van der Waals surface area contributed by atoms with Gasteiger partial charge in [0.2, 0.25) is 0 Å². The van der Waals surface area contributed by atoms with E-state index >= 15 is 0 Å². The van der Waals surface area contributed by atoms with Crippen molar-refractivity contribution >= 4 is 5.69 Å². The standard InChI is InChI=1S/C19H20N2/c20-15-12-16-8-10-18(11-9-16)21-19(13-4-5-14-19)17-6-2-1-3-7-17/h1-3,6-11,21H,4-5,12-14H2. The van der Waals surface area contributed by atoms with E-state index in [1.807, 2.05) is 12.1 Å². The first-order valence-corrected chi connectivity index (χ1v) is 7.62. The molecule has 0 heterocycles. The van der Waals surface area contributed by atoms with Crippen LogP contribution in [0.3, 0.4) is 0 Å². The zero-order valence-corrected chi connectivity index (χ0v) is 12.2. The highest BCUT2D eigenvalue weighted by Gasteiger charge is 2.35. The molecule has 2 nitrogen and oxygen atoms in total. The van der Waals surface area contributed by atoms with Gasteiger partial charge in [-0.2, -0.15) is 5.26 Å². The van der Waals surface area contributed by atoms with Crippen LogP contribution in [0.15, 0.2) is 54.6 Å². The Morgan fingerprint density at radius 3 is 2.24 bits per heavy atom. The van der Waals surface area contributed by atoms with Crippen LogP contribution in [-0.4, -0.2) is 0 Å². The van der Waals surface area contributed by atoms with Gasteiger partial charge >= 0.3 is 0 Å². The highest BCUT2D eigenvalue weighted by molar-refractivity contribution is 5.49. The first-order valence-electron chi connectivity index (χ1n) is 7.62. The van der Waals surface area contributed by atoms with Crippen molar-refractivity contribution in [3.8, 4) is 6.07 Å². The van der Waals surface area contributed by atoms with Crippen molar-refractivity contribution in [1.29, 1.82) is 5.26 Å². The molecule has 1 aliphatic carbocycles. The van der Waals surface area contributed by atoms with Gasteiger partial charge in [-0.05, 0) is 36.1 Å². The predicted molar refractivity (Wildman–Crippen MR) is 86.0 cm³/mol.